The summed E-state index contributed by atoms with van der Waals surface area (Å²) < 4.78 is 5.49. The summed E-state index contributed by atoms with van der Waals surface area (Å²) in [5.74, 6) is 0.699. The number of carbonyl (C=O) groups is 1. The van der Waals surface area contributed by atoms with Crippen molar-refractivity contribution in [2.24, 2.45) is 5.73 Å². The van der Waals surface area contributed by atoms with E-state index in [9.17, 15) is 4.79 Å². The van der Waals surface area contributed by atoms with Gasteiger partial charge < -0.3 is 10.5 Å². The van der Waals surface area contributed by atoms with Gasteiger partial charge in [-0.3, -0.25) is 4.79 Å². The zero-order valence-electron chi connectivity index (χ0n) is 10.3. The van der Waals surface area contributed by atoms with Crippen LogP contribution in [0.2, 0.25) is 0 Å². The fourth-order valence-corrected chi connectivity index (χ4v) is 1.33. The molecule has 0 radical (unpaired) electrons. The Kier molecular flexibility index (Phi) is 3.70. The normalized spacial score (nSPS) is 11.6. The van der Waals surface area contributed by atoms with Crippen LogP contribution in [0.25, 0.3) is 0 Å². The zero-order chi connectivity index (χ0) is 12.3. The van der Waals surface area contributed by atoms with E-state index in [1.54, 1.807) is 38.1 Å². The van der Waals surface area contributed by atoms with Crippen LogP contribution in [0.5, 0.6) is 5.75 Å². The highest BCUT2D eigenvalue weighted by Gasteiger charge is 2.23. The van der Waals surface area contributed by atoms with Gasteiger partial charge in [0.1, 0.15) is 5.75 Å². The van der Waals surface area contributed by atoms with Crippen LogP contribution in [0.4, 0.5) is 0 Å². The Morgan fingerprint density at radius 2 is 1.75 bits per heavy atom. The number of benzene rings is 1. The molecule has 1 aromatic rings. The highest BCUT2D eigenvalue weighted by molar-refractivity contribution is 6.02. The van der Waals surface area contributed by atoms with Crippen molar-refractivity contribution >= 4 is 5.78 Å². The molecule has 0 amide bonds. The van der Waals surface area contributed by atoms with Crippen LogP contribution in [0.1, 0.15) is 38.1 Å². The maximum absolute atomic E-state index is 11.8. The van der Waals surface area contributed by atoms with Crippen molar-refractivity contribution in [1.82, 2.24) is 0 Å². The molecule has 3 nitrogen and oxygen atoms in total. The first kappa shape index (κ1) is 12.7. The van der Waals surface area contributed by atoms with Crippen LogP contribution < -0.4 is 10.5 Å². The monoisotopic (exact) mass is 221 g/mol. The van der Waals surface area contributed by atoms with Gasteiger partial charge in [0, 0.05) is 5.56 Å². The number of ether oxygens (including phenoxy) is 1. The van der Waals surface area contributed by atoms with E-state index in [0.29, 0.717) is 5.56 Å². The predicted octanol–water partition coefficient (Wildman–Crippen LogP) is 2.39. The maximum Gasteiger partial charge on any atom is 0.182 e. The number of nitrogens with two attached hydrogens (primary N) is 1. The second-order valence-corrected chi connectivity index (χ2v) is 4.74. The standard InChI is InChI=1S/C13H19NO2/c1-9(2)16-11-7-5-10(6-8-11)12(15)13(3,4)14/h5-9H,14H2,1-4H3. The van der Waals surface area contributed by atoms with Gasteiger partial charge in [0.2, 0.25) is 0 Å². The van der Waals surface area contributed by atoms with Gasteiger partial charge in [-0.15, -0.1) is 0 Å². The molecule has 0 unspecified atom stereocenters. The van der Waals surface area contributed by atoms with Crippen molar-refractivity contribution in [2.75, 3.05) is 0 Å². The Hall–Kier alpha value is -1.35. The summed E-state index contributed by atoms with van der Waals surface area (Å²) in [5.41, 5.74) is 5.53. The molecule has 0 spiro atoms. The lowest BCUT2D eigenvalue weighted by atomic mass is 9.94. The lowest BCUT2D eigenvalue weighted by Crippen LogP contribution is -2.41. The Labute approximate surface area is 96.6 Å². The minimum Gasteiger partial charge on any atom is -0.491 e. The number of hydrogen-bond donors (Lipinski definition) is 1. The average Bonchev–Trinajstić information content (AvgIpc) is 2.15. The van der Waals surface area contributed by atoms with Crippen molar-refractivity contribution in [3.8, 4) is 5.75 Å². The van der Waals surface area contributed by atoms with Gasteiger partial charge in [-0.25, -0.2) is 0 Å². The molecule has 0 aliphatic heterocycles. The SMILES string of the molecule is CC(C)Oc1ccc(C(=O)C(C)(C)N)cc1. The van der Waals surface area contributed by atoms with Crippen molar-refractivity contribution in [2.45, 2.75) is 39.3 Å². The summed E-state index contributed by atoms with van der Waals surface area (Å²) in [6, 6.07) is 7.07. The molecule has 0 aromatic heterocycles. The van der Waals surface area contributed by atoms with E-state index in [0.717, 1.165) is 5.75 Å². The third-order valence-corrected chi connectivity index (χ3v) is 2.07. The maximum atomic E-state index is 11.8. The molecule has 1 rings (SSSR count). The summed E-state index contributed by atoms with van der Waals surface area (Å²) in [6.07, 6.45) is 0.132. The van der Waals surface area contributed by atoms with E-state index >= 15 is 0 Å². The van der Waals surface area contributed by atoms with E-state index in [-0.39, 0.29) is 11.9 Å². The van der Waals surface area contributed by atoms with Crippen LogP contribution in [0.15, 0.2) is 24.3 Å². The van der Waals surface area contributed by atoms with E-state index in [2.05, 4.69) is 0 Å². The highest BCUT2D eigenvalue weighted by atomic mass is 16.5. The summed E-state index contributed by atoms with van der Waals surface area (Å²) in [4.78, 5) is 11.8. The van der Waals surface area contributed by atoms with Gasteiger partial charge in [-0.2, -0.15) is 0 Å². The molecule has 0 atom stereocenters. The molecule has 2 N–H and O–H groups in total. The first-order chi connectivity index (χ1) is 7.30. The predicted molar refractivity (Wildman–Crippen MR) is 64.8 cm³/mol. The summed E-state index contributed by atoms with van der Waals surface area (Å²) in [6.45, 7) is 7.33. The quantitative estimate of drug-likeness (QED) is 0.794. The largest absolute Gasteiger partial charge is 0.491 e. The van der Waals surface area contributed by atoms with E-state index in [1.807, 2.05) is 13.8 Å². The lowest BCUT2D eigenvalue weighted by molar-refractivity contribution is 0.0913. The highest BCUT2D eigenvalue weighted by Crippen LogP contribution is 2.16. The number of rotatable bonds is 4. The molecular weight excluding hydrogens is 202 g/mol. The van der Waals surface area contributed by atoms with Crippen LogP contribution >= 0.6 is 0 Å². The fourth-order valence-electron chi connectivity index (χ4n) is 1.33. The fraction of sp³-hybridized carbons (Fsp3) is 0.462. The van der Waals surface area contributed by atoms with Gasteiger partial charge in [-0.1, -0.05) is 0 Å². The molecule has 0 aliphatic rings. The minimum atomic E-state index is -0.833. The molecule has 88 valence electrons. The van der Waals surface area contributed by atoms with Gasteiger partial charge in [0.15, 0.2) is 5.78 Å². The van der Waals surface area contributed by atoms with Crippen molar-refractivity contribution in [3.63, 3.8) is 0 Å². The second-order valence-electron chi connectivity index (χ2n) is 4.74. The Bertz CT molecular complexity index is 361. The molecule has 0 saturated heterocycles. The molecule has 0 fully saturated rings. The Balaban J connectivity index is 2.83. The third-order valence-electron chi connectivity index (χ3n) is 2.07. The minimum absolute atomic E-state index is 0.0661. The Morgan fingerprint density at radius 1 is 1.25 bits per heavy atom. The van der Waals surface area contributed by atoms with Gasteiger partial charge >= 0.3 is 0 Å². The molecule has 0 bridgehead atoms. The lowest BCUT2D eigenvalue weighted by Gasteiger charge is -2.17. The molecule has 0 heterocycles. The molecule has 1 aromatic carbocycles. The number of hydrogen-bond acceptors (Lipinski definition) is 3. The number of ketones is 1. The zero-order valence-corrected chi connectivity index (χ0v) is 10.3. The first-order valence-electron chi connectivity index (χ1n) is 5.41. The molecular formula is C13H19NO2. The van der Waals surface area contributed by atoms with E-state index < -0.39 is 5.54 Å². The van der Waals surface area contributed by atoms with Crippen molar-refractivity contribution in [1.29, 1.82) is 0 Å². The third kappa shape index (κ3) is 3.35. The van der Waals surface area contributed by atoms with Crippen molar-refractivity contribution in [3.05, 3.63) is 29.8 Å². The summed E-state index contributed by atoms with van der Waals surface area (Å²) in [5, 5.41) is 0. The average molecular weight is 221 g/mol. The van der Waals surface area contributed by atoms with Gasteiger partial charge in [0.05, 0.1) is 11.6 Å². The topological polar surface area (TPSA) is 52.3 Å². The second kappa shape index (κ2) is 4.66. The first-order valence-corrected chi connectivity index (χ1v) is 5.41. The Morgan fingerprint density at radius 3 is 2.12 bits per heavy atom. The van der Waals surface area contributed by atoms with Crippen LogP contribution in [-0.4, -0.2) is 17.4 Å². The summed E-state index contributed by atoms with van der Waals surface area (Å²) >= 11 is 0. The van der Waals surface area contributed by atoms with Gasteiger partial charge in [0.25, 0.3) is 0 Å². The summed E-state index contributed by atoms with van der Waals surface area (Å²) in [7, 11) is 0. The number of carbonyl (C=O) groups excluding carboxylic acids is 1. The molecule has 0 saturated carbocycles. The van der Waals surface area contributed by atoms with Gasteiger partial charge in [-0.05, 0) is 52.0 Å². The van der Waals surface area contributed by atoms with Crippen molar-refractivity contribution < 1.29 is 9.53 Å². The van der Waals surface area contributed by atoms with E-state index in [1.165, 1.54) is 0 Å². The molecule has 16 heavy (non-hydrogen) atoms. The molecule has 3 heteroatoms. The number of Topliss-reactive ketones (excluding diaryl/α,β-unsaturated/α-hetero) is 1. The van der Waals surface area contributed by atoms with Crippen LogP contribution in [0.3, 0.4) is 0 Å². The van der Waals surface area contributed by atoms with E-state index in [4.69, 9.17) is 10.5 Å². The smallest absolute Gasteiger partial charge is 0.182 e. The van der Waals surface area contributed by atoms with Crippen LogP contribution in [-0.2, 0) is 0 Å². The molecule has 0 aliphatic carbocycles. The van der Waals surface area contributed by atoms with Crippen LogP contribution in [0, 0.1) is 0 Å².